The second-order valence-corrected chi connectivity index (χ2v) is 13.0. The topological polar surface area (TPSA) is 233 Å². The first kappa shape index (κ1) is 45.1. The fraction of sp³-hybridized carbons (Fsp3) is 0.200. The number of carbonyl (C=O) groups is 3. The van der Waals surface area contributed by atoms with Gasteiger partial charge in [-0.3, -0.25) is 4.79 Å². The third-order valence-corrected chi connectivity index (χ3v) is 9.43. The van der Waals surface area contributed by atoms with Crippen molar-refractivity contribution in [1.82, 2.24) is 0 Å². The standard InChI is InChI=1S/C45H40O19/c1-52-30-13-22(14-31(53-2)39(30)58-7)43(49)62-27-11-10-21(12-28(27)63-44(50)23-15-32(54-3)40(59-8)33(16-23)55-4)38-42(37(48)36-26(47)19-25(46)20-29(36)61-38)64-45(51)24-17-34(56-5)41(60-9)35(18-24)57-6/h10-20,46,48H,1-9H3. The maximum atomic E-state index is 14.0. The molecule has 0 fully saturated rings. The number of aromatic hydroxyl groups is 2. The molecule has 2 aliphatic rings. The highest BCUT2D eigenvalue weighted by atomic mass is 16.6. The van der Waals surface area contributed by atoms with Crippen molar-refractivity contribution in [2.45, 2.75) is 0 Å². The van der Waals surface area contributed by atoms with E-state index in [9.17, 15) is 29.4 Å². The van der Waals surface area contributed by atoms with Crippen molar-refractivity contribution in [3.8, 4) is 103 Å². The highest BCUT2D eigenvalue weighted by Crippen LogP contribution is 2.49. The number of rotatable bonds is 16. The molecule has 2 N–H and O–H groups in total. The fourth-order valence-electron chi connectivity index (χ4n) is 6.43. The van der Waals surface area contributed by atoms with Crippen LogP contribution in [0.15, 0.2) is 75.9 Å². The molecule has 64 heavy (non-hydrogen) atoms. The summed E-state index contributed by atoms with van der Waals surface area (Å²) in [5.41, 5.74) is -1.75. The molecule has 0 amide bonds. The largest absolute Gasteiger partial charge is 0.508 e. The normalized spacial score (nSPS) is 10.6. The molecular weight excluding hydrogens is 844 g/mol. The molecule has 1 heterocycles. The second-order valence-electron chi connectivity index (χ2n) is 13.0. The highest BCUT2D eigenvalue weighted by Gasteiger charge is 2.30. The number of hydrogen-bond acceptors (Lipinski definition) is 19. The average molecular weight is 885 g/mol. The highest BCUT2D eigenvalue weighted by molar-refractivity contribution is 5.97. The Balaban J connectivity index is 1.54. The van der Waals surface area contributed by atoms with Gasteiger partial charge in [0, 0.05) is 17.7 Å². The lowest BCUT2D eigenvalue weighted by Crippen LogP contribution is -2.14. The van der Waals surface area contributed by atoms with Crippen molar-refractivity contribution in [2.75, 3.05) is 64.0 Å². The number of benzene rings is 5. The van der Waals surface area contributed by atoms with E-state index in [0.717, 1.165) is 18.2 Å². The average Bonchev–Trinajstić information content (AvgIpc) is 3.30. The molecule has 19 heteroatoms. The molecule has 0 atom stereocenters. The Morgan fingerprint density at radius 2 is 0.828 bits per heavy atom. The van der Waals surface area contributed by atoms with Gasteiger partial charge in [-0.25, -0.2) is 14.4 Å². The Morgan fingerprint density at radius 3 is 1.22 bits per heavy atom. The molecule has 4 aromatic carbocycles. The Morgan fingerprint density at radius 1 is 0.438 bits per heavy atom. The minimum Gasteiger partial charge on any atom is -0.508 e. The van der Waals surface area contributed by atoms with Crippen LogP contribution in [0.3, 0.4) is 0 Å². The van der Waals surface area contributed by atoms with E-state index in [1.807, 2.05) is 0 Å². The molecule has 4 aromatic rings. The summed E-state index contributed by atoms with van der Waals surface area (Å²) in [6, 6.07) is 13.4. The quantitative estimate of drug-likeness (QED) is 0.0774. The zero-order valence-electron chi connectivity index (χ0n) is 35.7. The number of methoxy groups -OCH3 is 9. The van der Waals surface area contributed by atoms with E-state index in [4.69, 9.17) is 61.3 Å². The van der Waals surface area contributed by atoms with Crippen molar-refractivity contribution < 1.29 is 85.9 Å². The van der Waals surface area contributed by atoms with Crippen LogP contribution in [0.1, 0.15) is 31.1 Å². The van der Waals surface area contributed by atoms with Gasteiger partial charge in [-0.1, -0.05) is 0 Å². The molecule has 1 aliphatic heterocycles. The van der Waals surface area contributed by atoms with Crippen LogP contribution in [-0.2, 0) is 0 Å². The van der Waals surface area contributed by atoms with Gasteiger partial charge >= 0.3 is 17.9 Å². The monoisotopic (exact) mass is 884 g/mol. The molecule has 0 spiro atoms. The zero-order chi connectivity index (χ0) is 46.4. The van der Waals surface area contributed by atoms with Crippen LogP contribution in [0.2, 0.25) is 0 Å². The van der Waals surface area contributed by atoms with E-state index in [2.05, 4.69) is 0 Å². The summed E-state index contributed by atoms with van der Waals surface area (Å²) < 4.78 is 71.9. The predicted molar refractivity (Wildman–Crippen MR) is 224 cm³/mol. The minimum absolute atomic E-state index is 0.0656. The molecule has 6 rings (SSSR count). The third kappa shape index (κ3) is 8.67. The van der Waals surface area contributed by atoms with Crippen molar-refractivity contribution in [3.63, 3.8) is 0 Å². The SMILES string of the molecule is COc1cc(C(=O)Oc2ccc(-c3oc4cc(O)cc(=O)c-4c(O)c3OC(=O)c3cc(OC)c(OC)c(OC)c3)cc2OC(=O)c2cc(OC)c(OC)c(OC)c2)cc(OC)c1OC. The van der Waals surface area contributed by atoms with Gasteiger partial charge in [0.2, 0.25) is 23.0 Å². The molecule has 0 aromatic heterocycles. The maximum Gasteiger partial charge on any atom is 0.344 e. The van der Waals surface area contributed by atoms with Gasteiger partial charge in [-0.2, -0.15) is 0 Å². The second kappa shape index (κ2) is 19.1. The summed E-state index contributed by atoms with van der Waals surface area (Å²) in [5.74, 6) is -5.42. The summed E-state index contributed by atoms with van der Waals surface area (Å²) in [7, 11) is 12.2. The first-order chi connectivity index (χ1) is 30.8. The summed E-state index contributed by atoms with van der Waals surface area (Å²) in [4.78, 5) is 54.8. The van der Waals surface area contributed by atoms with Gasteiger partial charge in [-0.05, 0) is 54.6 Å². The zero-order valence-corrected chi connectivity index (χ0v) is 35.7. The molecule has 1 aliphatic carbocycles. The van der Waals surface area contributed by atoms with E-state index in [1.165, 1.54) is 113 Å². The Kier molecular flexibility index (Phi) is 13.4. The Hall–Kier alpha value is -8.48. The number of esters is 3. The van der Waals surface area contributed by atoms with Crippen molar-refractivity contribution in [2.24, 2.45) is 0 Å². The van der Waals surface area contributed by atoms with Gasteiger partial charge in [0.15, 0.2) is 62.9 Å². The number of fused-ring (bicyclic) bond motifs is 1. The van der Waals surface area contributed by atoms with E-state index in [-0.39, 0.29) is 85.5 Å². The molecule has 0 bridgehead atoms. The number of carbonyl (C=O) groups excluding carboxylic acids is 3. The van der Waals surface area contributed by atoms with E-state index in [1.54, 1.807) is 0 Å². The van der Waals surface area contributed by atoms with Gasteiger partial charge in [-0.15, -0.1) is 0 Å². The molecule has 0 unspecified atom stereocenters. The third-order valence-electron chi connectivity index (χ3n) is 9.43. The van der Waals surface area contributed by atoms with Crippen molar-refractivity contribution in [3.05, 3.63) is 93.6 Å². The van der Waals surface area contributed by atoms with Crippen LogP contribution in [0, 0.1) is 0 Å². The molecule has 334 valence electrons. The lowest BCUT2D eigenvalue weighted by molar-refractivity contribution is 0.0681. The summed E-state index contributed by atoms with van der Waals surface area (Å²) in [6.07, 6.45) is 0. The Labute approximate surface area is 363 Å². The molecule has 19 nitrogen and oxygen atoms in total. The van der Waals surface area contributed by atoms with Crippen LogP contribution in [0.4, 0.5) is 0 Å². The number of hydrogen-bond donors (Lipinski definition) is 2. The summed E-state index contributed by atoms with van der Waals surface area (Å²) in [5, 5.41) is 22.0. The van der Waals surface area contributed by atoms with Crippen LogP contribution in [0.25, 0.3) is 22.6 Å². The lowest BCUT2D eigenvalue weighted by Gasteiger charge is -2.18. The van der Waals surface area contributed by atoms with Gasteiger partial charge in [0.05, 0.1) is 80.7 Å². The summed E-state index contributed by atoms with van der Waals surface area (Å²) >= 11 is 0. The molecular formula is C45H40O19. The van der Waals surface area contributed by atoms with E-state index >= 15 is 0 Å². The van der Waals surface area contributed by atoms with Gasteiger partial charge in [0.25, 0.3) is 0 Å². The maximum absolute atomic E-state index is 14.0. The van der Waals surface area contributed by atoms with Crippen LogP contribution in [0.5, 0.6) is 80.5 Å². The minimum atomic E-state index is -1.10. The van der Waals surface area contributed by atoms with E-state index < -0.39 is 57.7 Å². The first-order valence-corrected chi connectivity index (χ1v) is 18.5. The number of phenolic OH excluding ortho intramolecular Hbond substituents is 1. The number of ether oxygens (including phenoxy) is 12. The first-order valence-electron chi connectivity index (χ1n) is 18.5. The van der Waals surface area contributed by atoms with Gasteiger partial charge < -0.3 is 71.5 Å². The van der Waals surface area contributed by atoms with Crippen molar-refractivity contribution in [1.29, 1.82) is 0 Å². The smallest absolute Gasteiger partial charge is 0.344 e. The molecule has 0 saturated carbocycles. The van der Waals surface area contributed by atoms with E-state index in [0.29, 0.717) is 0 Å². The molecule has 0 radical (unpaired) electrons. The van der Waals surface area contributed by atoms with Crippen molar-refractivity contribution >= 4 is 17.9 Å². The summed E-state index contributed by atoms with van der Waals surface area (Å²) in [6.45, 7) is 0. The predicted octanol–water partition coefficient (Wildman–Crippen LogP) is 6.56. The fourth-order valence-corrected chi connectivity index (χ4v) is 6.43. The Bertz CT molecular complexity index is 2710. The lowest BCUT2D eigenvalue weighted by atomic mass is 10.0. The van der Waals surface area contributed by atoms with Crippen LogP contribution in [-0.4, -0.2) is 92.1 Å². The van der Waals surface area contributed by atoms with Gasteiger partial charge in [0.1, 0.15) is 17.1 Å². The van der Waals surface area contributed by atoms with Crippen LogP contribution < -0.4 is 62.3 Å². The molecule has 0 saturated heterocycles. The van der Waals surface area contributed by atoms with Crippen LogP contribution >= 0.6 is 0 Å². The number of phenols is 1.